The van der Waals surface area contributed by atoms with E-state index in [1.54, 1.807) is 6.20 Å². The molecule has 0 N–H and O–H groups in total. The van der Waals surface area contributed by atoms with Gasteiger partial charge >= 0.3 is 0 Å². The summed E-state index contributed by atoms with van der Waals surface area (Å²) in [6.45, 7) is 5.73. The number of ketones is 1. The summed E-state index contributed by atoms with van der Waals surface area (Å²) in [5.74, 6) is 0.198. The van der Waals surface area contributed by atoms with Crippen LogP contribution in [0.3, 0.4) is 0 Å². The standard InChI is InChI=1S/C33H37N3O2/c1-2-28-29(22-25-10-5-3-6-11-25)30-23-34-18-17-31(30)36(33(28)38)24-26-13-15-27(16-14-26)32(37)12-9-21-35-19-7-4-8-20-35/h2-3,5-6,10-11,13-18,23,29H,4,7-9,12,19-22,24H2,1H3/b28-2+. The number of allylic oxidation sites excluding steroid dienone is 1. The number of pyridine rings is 1. The lowest BCUT2D eigenvalue weighted by Gasteiger charge is -2.36. The largest absolute Gasteiger partial charge is 0.304 e. The summed E-state index contributed by atoms with van der Waals surface area (Å²) >= 11 is 0. The third kappa shape index (κ3) is 5.94. The van der Waals surface area contributed by atoms with Crippen LogP contribution in [0.4, 0.5) is 5.69 Å². The minimum absolute atomic E-state index is 0.0280. The lowest BCUT2D eigenvalue weighted by molar-refractivity contribution is -0.115. The van der Waals surface area contributed by atoms with Crippen LogP contribution in [0.15, 0.2) is 84.7 Å². The van der Waals surface area contributed by atoms with Gasteiger partial charge in [0.2, 0.25) is 0 Å². The summed E-state index contributed by atoms with van der Waals surface area (Å²) in [5.41, 5.74) is 5.74. The summed E-state index contributed by atoms with van der Waals surface area (Å²) in [5, 5.41) is 0. The van der Waals surface area contributed by atoms with Crippen molar-refractivity contribution < 1.29 is 9.59 Å². The first kappa shape index (κ1) is 26.1. The fourth-order valence-electron chi connectivity index (χ4n) is 5.82. The Morgan fingerprint density at radius 3 is 2.47 bits per heavy atom. The molecule has 38 heavy (non-hydrogen) atoms. The Hall–Kier alpha value is -3.57. The van der Waals surface area contributed by atoms with E-state index in [1.807, 2.05) is 72.6 Å². The molecule has 0 radical (unpaired) electrons. The van der Waals surface area contributed by atoms with Gasteiger partial charge in [-0.05, 0) is 69.4 Å². The molecule has 3 heterocycles. The van der Waals surface area contributed by atoms with Crippen molar-refractivity contribution in [1.29, 1.82) is 0 Å². The number of hydrogen-bond acceptors (Lipinski definition) is 4. The number of nitrogens with zero attached hydrogens (tertiary/aromatic N) is 3. The van der Waals surface area contributed by atoms with E-state index in [0.29, 0.717) is 13.0 Å². The van der Waals surface area contributed by atoms with Crippen molar-refractivity contribution >= 4 is 17.4 Å². The fourth-order valence-corrected chi connectivity index (χ4v) is 5.82. The van der Waals surface area contributed by atoms with E-state index < -0.39 is 0 Å². The van der Waals surface area contributed by atoms with Crippen LogP contribution in [0, 0.1) is 0 Å². The molecule has 196 valence electrons. The zero-order valence-electron chi connectivity index (χ0n) is 22.3. The monoisotopic (exact) mass is 507 g/mol. The van der Waals surface area contributed by atoms with Gasteiger partial charge in [0.15, 0.2) is 5.78 Å². The SMILES string of the molecule is C/C=C1/C(=O)N(Cc2ccc(C(=O)CCCN3CCCCC3)cc2)c2ccncc2C1Cc1ccccc1. The average molecular weight is 508 g/mol. The zero-order valence-corrected chi connectivity index (χ0v) is 22.3. The van der Waals surface area contributed by atoms with Crippen molar-refractivity contribution in [3.63, 3.8) is 0 Å². The molecule has 2 aromatic carbocycles. The average Bonchev–Trinajstić information content (AvgIpc) is 2.96. The first-order valence-corrected chi connectivity index (χ1v) is 13.9. The van der Waals surface area contributed by atoms with Crippen LogP contribution in [0.25, 0.3) is 0 Å². The second-order valence-corrected chi connectivity index (χ2v) is 10.4. The van der Waals surface area contributed by atoms with Gasteiger partial charge in [0, 0.05) is 41.4 Å². The molecule has 3 aromatic rings. The van der Waals surface area contributed by atoms with Crippen molar-refractivity contribution in [2.45, 2.75) is 57.9 Å². The van der Waals surface area contributed by atoms with Crippen molar-refractivity contribution in [3.8, 4) is 0 Å². The summed E-state index contributed by atoms with van der Waals surface area (Å²) in [4.78, 5) is 35.2. The van der Waals surface area contributed by atoms with E-state index in [2.05, 4.69) is 22.0 Å². The second-order valence-electron chi connectivity index (χ2n) is 10.4. The molecule has 2 aliphatic rings. The second kappa shape index (κ2) is 12.3. The third-order valence-corrected chi connectivity index (χ3v) is 7.90. The Morgan fingerprint density at radius 2 is 1.74 bits per heavy atom. The number of piperidine rings is 1. The van der Waals surface area contributed by atoms with Crippen LogP contribution in [-0.4, -0.2) is 41.2 Å². The molecule has 5 rings (SSSR count). The Morgan fingerprint density at radius 1 is 0.974 bits per heavy atom. The van der Waals surface area contributed by atoms with Gasteiger partial charge in [-0.15, -0.1) is 0 Å². The summed E-state index contributed by atoms with van der Waals surface area (Å²) in [6.07, 6.45) is 11.7. The molecule has 2 aliphatic heterocycles. The van der Waals surface area contributed by atoms with Crippen LogP contribution in [-0.2, 0) is 17.8 Å². The predicted octanol–water partition coefficient (Wildman–Crippen LogP) is 6.35. The highest BCUT2D eigenvalue weighted by molar-refractivity contribution is 6.09. The quantitative estimate of drug-likeness (QED) is 0.250. The van der Waals surface area contributed by atoms with E-state index in [0.717, 1.165) is 47.3 Å². The number of likely N-dealkylation sites (tertiary alicyclic amines) is 1. The Balaban J connectivity index is 1.28. The number of benzene rings is 2. The first-order chi connectivity index (χ1) is 18.6. The molecule has 0 spiro atoms. The molecule has 1 atom stereocenters. The molecule has 1 aromatic heterocycles. The fraction of sp³-hybridized carbons (Fsp3) is 0.364. The molecule has 0 aliphatic carbocycles. The Labute approximate surface area is 226 Å². The van der Waals surface area contributed by atoms with Crippen molar-refractivity contribution in [2.75, 3.05) is 24.5 Å². The number of hydrogen-bond donors (Lipinski definition) is 0. The molecule has 1 amide bonds. The molecule has 5 heteroatoms. The van der Waals surface area contributed by atoms with E-state index >= 15 is 0 Å². The third-order valence-electron chi connectivity index (χ3n) is 7.90. The molecular weight excluding hydrogens is 470 g/mol. The number of carbonyl (C=O) groups excluding carboxylic acids is 2. The maximum Gasteiger partial charge on any atom is 0.254 e. The Bertz CT molecular complexity index is 1280. The van der Waals surface area contributed by atoms with Gasteiger partial charge in [-0.2, -0.15) is 0 Å². The van der Waals surface area contributed by atoms with E-state index in [1.165, 1.54) is 37.9 Å². The van der Waals surface area contributed by atoms with Gasteiger partial charge in [-0.1, -0.05) is 67.1 Å². The topological polar surface area (TPSA) is 53.5 Å². The predicted molar refractivity (Wildman–Crippen MR) is 152 cm³/mol. The number of fused-ring (bicyclic) bond motifs is 1. The van der Waals surface area contributed by atoms with Gasteiger partial charge in [-0.3, -0.25) is 14.6 Å². The highest BCUT2D eigenvalue weighted by atomic mass is 16.2. The van der Waals surface area contributed by atoms with Crippen LogP contribution in [0.5, 0.6) is 0 Å². The number of amides is 1. The van der Waals surface area contributed by atoms with Crippen LogP contribution in [0.2, 0.25) is 0 Å². The van der Waals surface area contributed by atoms with E-state index in [9.17, 15) is 9.59 Å². The summed E-state index contributed by atoms with van der Waals surface area (Å²) in [6, 6.07) is 20.0. The van der Waals surface area contributed by atoms with Crippen LogP contribution in [0.1, 0.15) is 72.0 Å². The number of aromatic nitrogens is 1. The maximum atomic E-state index is 13.7. The maximum absolute atomic E-state index is 13.7. The highest BCUT2D eigenvalue weighted by Crippen LogP contribution is 2.41. The van der Waals surface area contributed by atoms with Gasteiger partial charge in [0.1, 0.15) is 0 Å². The van der Waals surface area contributed by atoms with Crippen molar-refractivity contribution in [2.24, 2.45) is 0 Å². The van der Waals surface area contributed by atoms with Gasteiger partial charge in [0.25, 0.3) is 5.91 Å². The number of rotatable bonds is 9. The molecule has 1 saturated heterocycles. The van der Waals surface area contributed by atoms with Crippen LogP contribution >= 0.6 is 0 Å². The summed E-state index contributed by atoms with van der Waals surface area (Å²) < 4.78 is 0. The van der Waals surface area contributed by atoms with E-state index in [4.69, 9.17) is 0 Å². The molecule has 5 nitrogen and oxygen atoms in total. The number of carbonyl (C=O) groups is 2. The zero-order chi connectivity index (χ0) is 26.3. The van der Waals surface area contributed by atoms with Crippen LogP contribution < -0.4 is 4.90 Å². The normalized spacial score (nSPS) is 19.0. The van der Waals surface area contributed by atoms with Gasteiger partial charge < -0.3 is 9.80 Å². The smallest absolute Gasteiger partial charge is 0.254 e. The van der Waals surface area contributed by atoms with Crippen molar-refractivity contribution in [1.82, 2.24) is 9.88 Å². The molecule has 1 fully saturated rings. The molecule has 1 unspecified atom stereocenters. The lowest BCUT2D eigenvalue weighted by atomic mass is 9.81. The minimum Gasteiger partial charge on any atom is -0.304 e. The molecule has 0 bridgehead atoms. The van der Waals surface area contributed by atoms with Gasteiger partial charge in [0.05, 0.1) is 12.2 Å². The number of anilines is 1. The minimum atomic E-state index is -0.0280. The molecule has 0 saturated carbocycles. The lowest BCUT2D eigenvalue weighted by Crippen LogP contribution is -2.38. The Kier molecular flexibility index (Phi) is 8.44. The summed E-state index contributed by atoms with van der Waals surface area (Å²) in [7, 11) is 0. The first-order valence-electron chi connectivity index (χ1n) is 13.9. The van der Waals surface area contributed by atoms with E-state index in [-0.39, 0.29) is 17.6 Å². The van der Waals surface area contributed by atoms with Gasteiger partial charge in [-0.25, -0.2) is 0 Å². The molecular formula is C33H37N3O2. The highest BCUT2D eigenvalue weighted by Gasteiger charge is 2.35. The number of Topliss-reactive ketones (excluding diaryl/α,β-unsaturated/α-hetero) is 1. The van der Waals surface area contributed by atoms with Crippen molar-refractivity contribution in [3.05, 3.63) is 107 Å².